The predicted molar refractivity (Wildman–Crippen MR) is 131 cm³/mol. The lowest BCUT2D eigenvalue weighted by atomic mass is 9.88. The molecule has 0 bridgehead atoms. The quantitative estimate of drug-likeness (QED) is 0.200. The highest BCUT2D eigenvalue weighted by molar-refractivity contribution is 5.32. The lowest BCUT2D eigenvalue weighted by Crippen LogP contribution is -3.00. The predicted octanol–water partition coefficient (Wildman–Crippen LogP) is -1.01. The molecule has 0 saturated carbocycles. The van der Waals surface area contributed by atoms with E-state index in [0.29, 0.717) is 5.92 Å². The van der Waals surface area contributed by atoms with Crippen molar-refractivity contribution in [2.24, 2.45) is 0 Å². The van der Waals surface area contributed by atoms with Crippen LogP contribution in [0.5, 0.6) is 11.5 Å². The Balaban J connectivity index is 0.00000512. The Kier molecular flexibility index (Phi) is 15.2. The molecule has 0 aromatic heterocycles. The molecule has 6 heteroatoms. The van der Waals surface area contributed by atoms with E-state index in [1.807, 2.05) is 0 Å². The topological polar surface area (TPSA) is 18.5 Å². The first-order chi connectivity index (χ1) is 14.6. The van der Waals surface area contributed by atoms with Crippen molar-refractivity contribution < 1.29 is 66.4 Å². The molecule has 0 aliphatic carbocycles. The summed E-state index contributed by atoms with van der Waals surface area (Å²) in [5, 5.41) is 0. The first-order valence-electron chi connectivity index (χ1n) is 11.6. The number of likely N-dealkylation sites (N-methyl/N-ethyl adjacent to an activating group) is 2. The van der Waals surface area contributed by atoms with Crippen molar-refractivity contribution in [3.05, 3.63) is 59.7 Å². The first-order valence-corrected chi connectivity index (χ1v) is 11.6. The average molecular weight is 682 g/mol. The Bertz CT molecular complexity index is 767. The standard InChI is InChI=1S/C27H44N2O2.2HI/c1-8-9-25(24-12-16-27(17-13-24)31-21-19-29(5,6)7)22-23-10-14-26(15-11-23)30-20-18-28(2,3)4;;/h10-17,25H,8-9,18-22H2,1-7H3;2*1H/q+2;;/p-2. The van der Waals surface area contributed by atoms with Crippen LogP contribution >= 0.6 is 0 Å². The SMILES string of the molecule is CCCC(Cc1ccc(OCC[N+](C)(C)C)cc1)c1ccc(OCC[N+](C)(C)C)cc1.[I-].[I-]. The number of ether oxygens (including phenoxy) is 2. The third kappa shape index (κ3) is 13.8. The smallest absolute Gasteiger partial charge is 0.137 e. The van der Waals surface area contributed by atoms with Gasteiger partial charge in [0.05, 0.1) is 42.3 Å². The van der Waals surface area contributed by atoms with Crippen molar-refractivity contribution in [1.29, 1.82) is 0 Å². The van der Waals surface area contributed by atoms with Crippen LogP contribution in [0, 0.1) is 0 Å². The molecule has 1 unspecified atom stereocenters. The summed E-state index contributed by atoms with van der Waals surface area (Å²) in [5.41, 5.74) is 2.75. The molecule has 33 heavy (non-hydrogen) atoms. The summed E-state index contributed by atoms with van der Waals surface area (Å²) in [6.45, 7) is 5.74. The van der Waals surface area contributed by atoms with Gasteiger partial charge in [0.1, 0.15) is 37.8 Å². The molecule has 0 N–H and O–H groups in total. The Labute approximate surface area is 236 Å². The van der Waals surface area contributed by atoms with Crippen LogP contribution in [0.3, 0.4) is 0 Å². The van der Waals surface area contributed by atoms with Crippen LogP contribution in [-0.4, -0.2) is 77.6 Å². The Morgan fingerprint density at radius 1 is 0.667 bits per heavy atom. The van der Waals surface area contributed by atoms with Crippen LogP contribution in [-0.2, 0) is 6.42 Å². The van der Waals surface area contributed by atoms with Crippen LogP contribution in [0.4, 0.5) is 0 Å². The van der Waals surface area contributed by atoms with Gasteiger partial charge in [-0.2, -0.15) is 0 Å². The zero-order valence-electron chi connectivity index (χ0n) is 21.6. The van der Waals surface area contributed by atoms with Gasteiger partial charge in [-0.05, 0) is 54.2 Å². The number of hydrogen-bond acceptors (Lipinski definition) is 2. The number of halogens is 2. The monoisotopic (exact) mass is 682 g/mol. The van der Waals surface area contributed by atoms with E-state index in [-0.39, 0.29) is 48.0 Å². The van der Waals surface area contributed by atoms with Gasteiger partial charge in [-0.25, -0.2) is 0 Å². The Morgan fingerprint density at radius 3 is 1.48 bits per heavy atom. The number of benzene rings is 2. The maximum atomic E-state index is 5.93. The van der Waals surface area contributed by atoms with Crippen molar-refractivity contribution in [2.45, 2.75) is 32.1 Å². The van der Waals surface area contributed by atoms with E-state index < -0.39 is 0 Å². The fraction of sp³-hybridized carbons (Fsp3) is 0.556. The molecule has 0 radical (unpaired) electrons. The van der Waals surface area contributed by atoms with Gasteiger partial charge in [0.2, 0.25) is 0 Å². The van der Waals surface area contributed by atoms with Gasteiger partial charge in [-0.3, -0.25) is 0 Å². The van der Waals surface area contributed by atoms with Crippen LogP contribution < -0.4 is 57.4 Å². The van der Waals surface area contributed by atoms with E-state index in [2.05, 4.69) is 97.7 Å². The molecule has 0 spiro atoms. The minimum atomic E-state index is 0. The second-order valence-corrected chi connectivity index (χ2v) is 10.6. The third-order valence-electron chi connectivity index (χ3n) is 5.46. The maximum Gasteiger partial charge on any atom is 0.137 e. The summed E-state index contributed by atoms with van der Waals surface area (Å²) in [7, 11) is 13.1. The van der Waals surface area contributed by atoms with E-state index >= 15 is 0 Å². The fourth-order valence-corrected chi connectivity index (χ4v) is 3.45. The molecule has 0 aliphatic heterocycles. The van der Waals surface area contributed by atoms with Crippen LogP contribution in [0.2, 0.25) is 0 Å². The molecule has 2 aromatic rings. The molecule has 4 nitrogen and oxygen atoms in total. The molecule has 1 atom stereocenters. The highest BCUT2D eigenvalue weighted by Crippen LogP contribution is 2.28. The zero-order chi connectivity index (χ0) is 22.9. The van der Waals surface area contributed by atoms with E-state index in [9.17, 15) is 0 Å². The largest absolute Gasteiger partial charge is 1.00 e. The Morgan fingerprint density at radius 2 is 1.09 bits per heavy atom. The molecule has 0 saturated heterocycles. The van der Waals surface area contributed by atoms with Crippen molar-refractivity contribution in [3.63, 3.8) is 0 Å². The van der Waals surface area contributed by atoms with Crippen molar-refractivity contribution in [3.8, 4) is 11.5 Å². The van der Waals surface area contributed by atoms with E-state index in [0.717, 1.165) is 53.2 Å². The van der Waals surface area contributed by atoms with Gasteiger partial charge in [0.15, 0.2) is 0 Å². The second kappa shape index (κ2) is 15.4. The number of hydrogen-bond donors (Lipinski definition) is 0. The van der Waals surface area contributed by atoms with Gasteiger partial charge in [0.25, 0.3) is 0 Å². The second-order valence-electron chi connectivity index (χ2n) is 10.6. The van der Waals surface area contributed by atoms with Crippen LogP contribution in [0.25, 0.3) is 0 Å². The summed E-state index contributed by atoms with van der Waals surface area (Å²) < 4.78 is 13.7. The van der Waals surface area contributed by atoms with Crippen molar-refractivity contribution in [1.82, 2.24) is 0 Å². The van der Waals surface area contributed by atoms with Crippen LogP contribution in [0.15, 0.2) is 48.5 Å². The van der Waals surface area contributed by atoms with Crippen molar-refractivity contribution in [2.75, 3.05) is 68.6 Å². The zero-order valence-corrected chi connectivity index (χ0v) is 25.9. The maximum absolute atomic E-state index is 5.93. The molecular weight excluding hydrogens is 638 g/mol. The lowest BCUT2D eigenvalue weighted by molar-refractivity contribution is -0.870. The summed E-state index contributed by atoms with van der Waals surface area (Å²) in [6, 6.07) is 17.4. The van der Waals surface area contributed by atoms with Gasteiger partial charge < -0.3 is 66.4 Å². The molecule has 2 rings (SSSR count). The summed E-state index contributed by atoms with van der Waals surface area (Å²) in [6.07, 6.45) is 3.41. The minimum absolute atomic E-state index is 0. The summed E-state index contributed by atoms with van der Waals surface area (Å²) in [4.78, 5) is 0. The normalized spacial score (nSPS) is 12.3. The summed E-state index contributed by atoms with van der Waals surface area (Å²) in [5.74, 6) is 2.44. The number of rotatable bonds is 13. The van der Waals surface area contributed by atoms with E-state index in [1.165, 1.54) is 24.0 Å². The lowest BCUT2D eigenvalue weighted by Gasteiger charge is -2.24. The Hall–Kier alpha value is -0.580. The molecule has 0 heterocycles. The average Bonchev–Trinajstić information content (AvgIpc) is 2.68. The number of nitrogens with zero attached hydrogens (tertiary/aromatic N) is 2. The van der Waals surface area contributed by atoms with Crippen molar-refractivity contribution >= 4 is 0 Å². The van der Waals surface area contributed by atoms with E-state index in [4.69, 9.17) is 9.47 Å². The van der Waals surface area contributed by atoms with Crippen LogP contribution in [0.1, 0.15) is 36.8 Å². The van der Waals surface area contributed by atoms with Gasteiger partial charge in [-0.15, -0.1) is 0 Å². The number of quaternary nitrogens is 2. The van der Waals surface area contributed by atoms with Gasteiger partial charge in [0, 0.05) is 0 Å². The van der Waals surface area contributed by atoms with Gasteiger partial charge in [-0.1, -0.05) is 37.6 Å². The molecule has 0 fully saturated rings. The molecular formula is C27H44I2N2O2. The first kappa shape index (κ1) is 32.4. The molecule has 0 aliphatic rings. The molecule has 0 amide bonds. The minimum Gasteiger partial charge on any atom is -1.00 e. The molecule has 188 valence electrons. The highest BCUT2D eigenvalue weighted by Gasteiger charge is 2.13. The fourth-order valence-electron chi connectivity index (χ4n) is 3.45. The third-order valence-corrected chi connectivity index (χ3v) is 5.46. The molecule has 2 aromatic carbocycles. The van der Waals surface area contributed by atoms with Gasteiger partial charge >= 0.3 is 0 Å². The summed E-state index contributed by atoms with van der Waals surface area (Å²) >= 11 is 0. The van der Waals surface area contributed by atoms with E-state index in [1.54, 1.807) is 0 Å². The highest BCUT2D eigenvalue weighted by atomic mass is 127.